The van der Waals surface area contributed by atoms with E-state index in [4.69, 9.17) is 16.3 Å². The molecule has 0 aliphatic heterocycles. The summed E-state index contributed by atoms with van der Waals surface area (Å²) in [5.41, 5.74) is 2.94. The lowest BCUT2D eigenvalue weighted by molar-refractivity contribution is -0.122. The molecule has 3 aromatic rings. The molecule has 1 N–H and O–H groups in total. The first-order valence-electron chi connectivity index (χ1n) is 11.7. The maximum atomic E-state index is 13.6. The van der Waals surface area contributed by atoms with Crippen molar-refractivity contribution in [3.63, 3.8) is 0 Å². The van der Waals surface area contributed by atoms with Crippen LogP contribution < -0.4 is 10.1 Å². The van der Waals surface area contributed by atoms with Crippen molar-refractivity contribution < 1.29 is 17.9 Å². The van der Waals surface area contributed by atoms with Crippen LogP contribution in [0.4, 0.5) is 0 Å². The SMILES string of the molecule is CCOc1ccc(S(=O)(=O)N(CC(=O)N[C@H]2CCCc3ccccc32)Cc2ccccc2Cl)cc1. The molecule has 4 rings (SSSR count). The summed E-state index contributed by atoms with van der Waals surface area (Å²) < 4.78 is 33.8. The third-order valence-electron chi connectivity index (χ3n) is 6.10. The number of rotatable bonds is 9. The fourth-order valence-corrected chi connectivity index (χ4v) is 5.94. The van der Waals surface area contributed by atoms with Gasteiger partial charge in [-0.05, 0) is 73.2 Å². The fourth-order valence-electron chi connectivity index (χ4n) is 4.37. The molecule has 0 heterocycles. The van der Waals surface area contributed by atoms with Crippen LogP contribution in [0.15, 0.2) is 77.7 Å². The normalized spacial score (nSPS) is 15.5. The monoisotopic (exact) mass is 512 g/mol. The first kappa shape index (κ1) is 25.2. The Morgan fingerprint density at radius 2 is 1.77 bits per heavy atom. The number of hydrogen-bond donors (Lipinski definition) is 1. The highest BCUT2D eigenvalue weighted by Crippen LogP contribution is 2.30. The molecule has 1 aliphatic rings. The van der Waals surface area contributed by atoms with Crippen molar-refractivity contribution in [2.45, 2.75) is 43.7 Å². The molecule has 0 spiro atoms. The Morgan fingerprint density at radius 3 is 2.51 bits per heavy atom. The van der Waals surface area contributed by atoms with Gasteiger partial charge in [0.2, 0.25) is 15.9 Å². The van der Waals surface area contributed by atoms with Crippen LogP contribution in [0.25, 0.3) is 0 Å². The van der Waals surface area contributed by atoms with Crippen molar-refractivity contribution >= 4 is 27.5 Å². The molecule has 6 nitrogen and oxygen atoms in total. The quantitative estimate of drug-likeness (QED) is 0.431. The molecule has 8 heteroatoms. The van der Waals surface area contributed by atoms with Crippen LogP contribution in [-0.2, 0) is 27.8 Å². The van der Waals surface area contributed by atoms with Crippen LogP contribution in [-0.4, -0.2) is 31.8 Å². The molecule has 1 aliphatic carbocycles. The van der Waals surface area contributed by atoms with E-state index < -0.39 is 10.0 Å². The lowest BCUT2D eigenvalue weighted by Gasteiger charge is -2.28. The van der Waals surface area contributed by atoms with E-state index in [9.17, 15) is 13.2 Å². The van der Waals surface area contributed by atoms with Gasteiger partial charge >= 0.3 is 0 Å². The Labute approximate surface area is 211 Å². The number of halogens is 1. The van der Waals surface area contributed by atoms with Crippen molar-refractivity contribution in [2.24, 2.45) is 0 Å². The van der Waals surface area contributed by atoms with Gasteiger partial charge in [0, 0.05) is 11.6 Å². The predicted molar refractivity (Wildman–Crippen MR) is 137 cm³/mol. The van der Waals surface area contributed by atoms with E-state index in [0.717, 1.165) is 24.8 Å². The second kappa shape index (κ2) is 11.2. The minimum Gasteiger partial charge on any atom is -0.494 e. The second-order valence-corrected chi connectivity index (χ2v) is 10.8. The molecule has 1 atom stereocenters. The summed E-state index contributed by atoms with van der Waals surface area (Å²) in [6, 6.07) is 21.2. The molecule has 35 heavy (non-hydrogen) atoms. The van der Waals surface area contributed by atoms with Gasteiger partial charge in [-0.25, -0.2) is 8.42 Å². The molecule has 184 valence electrons. The summed E-state index contributed by atoms with van der Waals surface area (Å²) in [7, 11) is -3.99. The molecule has 0 bridgehead atoms. The number of nitrogens with zero attached hydrogens (tertiary/aromatic N) is 1. The van der Waals surface area contributed by atoms with E-state index >= 15 is 0 Å². The summed E-state index contributed by atoms with van der Waals surface area (Å²) in [5.74, 6) is 0.228. The van der Waals surface area contributed by atoms with E-state index in [1.807, 2.05) is 25.1 Å². The van der Waals surface area contributed by atoms with Crippen LogP contribution >= 0.6 is 11.6 Å². The molecule has 3 aromatic carbocycles. The highest BCUT2D eigenvalue weighted by molar-refractivity contribution is 7.89. The molecule has 0 aromatic heterocycles. The van der Waals surface area contributed by atoms with E-state index in [1.54, 1.807) is 36.4 Å². The van der Waals surface area contributed by atoms with Gasteiger partial charge in [-0.3, -0.25) is 4.79 Å². The number of sulfonamides is 1. The van der Waals surface area contributed by atoms with Crippen molar-refractivity contribution in [1.82, 2.24) is 9.62 Å². The van der Waals surface area contributed by atoms with Crippen molar-refractivity contribution in [3.05, 3.63) is 94.5 Å². The summed E-state index contributed by atoms with van der Waals surface area (Å²) in [6.45, 7) is 2.00. The maximum absolute atomic E-state index is 13.6. The minimum absolute atomic E-state index is 0.0239. The highest BCUT2D eigenvalue weighted by atomic mass is 35.5. The largest absolute Gasteiger partial charge is 0.494 e. The Kier molecular flexibility index (Phi) is 8.11. The summed E-state index contributed by atoms with van der Waals surface area (Å²) in [6.07, 6.45) is 2.77. The predicted octanol–water partition coefficient (Wildman–Crippen LogP) is 5.12. The number of fused-ring (bicyclic) bond motifs is 1. The van der Waals surface area contributed by atoms with E-state index in [-0.39, 0.29) is 29.9 Å². The summed E-state index contributed by atoms with van der Waals surface area (Å²) in [5, 5.41) is 3.50. The van der Waals surface area contributed by atoms with Crippen molar-refractivity contribution in [3.8, 4) is 5.75 Å². The minimum atomic E-state index is -3.99. The van der Waals surface area contributed by atoms with Crippen LogP contribution in [0.2, 0.25) is 5.02 Å². The van der Waals surface area contributed by atoms with Gasteiger partial charge in [-0.2, -0.15) is 4.31 Å². The number of aryl methyl sites for hydroxylation is 1. The van der Waals surface area contributed by atoms with E-state index in [0.29, 0.717) is 22.9 Å². The Balaban J connectivity index is 1.58. The number of benzene rings is 3. The van der Waals surface area contributed by atoms with Gasteiger partial charge < -0.3 is 10.1 Å². The Bertz CT molecular complexity index is 1280. The highest BCUT2D eigenvalue weighted by Gasteiger charge is 2.29. The first-order chi connectivity index (χ1) is 16.9. The zero-order chi connectivity index (χ0) is 24.8. The summed E-state index contributed by atoms with van der Waals surface area (Å²) in [4.78, 5) is 13.2. The lowest BCUT2D eigenvalue weighted by atomic mass is 9.88. The van der Waals surface area contributed by atoms with Crippen LogP contribution in [0, 0.1) is 0 Å². The second-order valence-electron chi connectivity index (χ2n) is 8.48. The third kappa shape index (κ3) is 6.04. The van der Waals surface area contributed by atoms with E-state index in [2.05, 4.69) is 11.4 Å². The zero-order valence-corrected chi connectivity index (χ0v) is 21.2. The average molecular weight is 513 g/mol. The van der Waals surface area contributed by atoms with Crippen LogP contribution in [0.5, 0.6) is 5.75 Å². The first-order valence-corrected chi connectivity index (χ1v) is 13.5. The molecular formula is C27H29ClN2O4S. The summed E-state index contributed by atoms with van der Waals surface area (Å²) >= 11 is 6.33. The Morgan fingerprint density at radius 1 is 1.06 bits per heavy atom. The van der Waals surface area contributed by atoms with Gasteiger partial charge in [0.05, 0.1) is 24.1 Å². The van der Waals surface area contributed by atoms with Crippen molar-refractivity contribution in [2.75, 3.05) is 13.2 Å². The number of nitrogens with one attached hydrogen (secondary N) is 1. The van der Waals surface area contributed by atoms with Crippen molar-refractivity contribution in [1.29, 1.82) is 0 Å². The maximum Gasteiger partial charge on any atom is 0.243 e. The lowest BCUT2D eigenvalue weighted by Crippen LogP contribution is -2.42. The van der Waals surface area contributed by atoms with Gasteiger partial charge in [-0.1, -0.05) is 54.1 Å². The molecule has 0 saturated heterocycles. The van der Waals surface area contributed by atoms with Crippen LogP contribution in [0.1, 0.15) is 42.5 Å². The molecule has 0 radical (unpaired) electrons. The smallest absolute Gasteiger partial charge is 0.243 e. The number of carbonyl (C=O) groups excluding carboxylic acids is 1. The molecule has 0 fully saturated rings. The van der Waals surface area contributed by atoms with Gasteiger partial charge in [-0.15, -0.1) is 0 Å². The fraction of sp³-hybridized carbons (Fsp3) is 0.296. The molecule has 1 amide bonds. The van der Waals surface area contributed by atoms with Gasteiger partial charge in [0.15, 0.2) is 0 Å². The van der Waals surface area contributed by atoms with Crippen LogP contribution in [0.3, 0.4) is 0 Å². The molecule has 0 unspecified atom stereocenters. The molecule has 0 saturated carbocycles. The van der Waals surface area contributed by atoms with Gasteiger partial charge in [0.1, 0.15) is 5.75 Å². The Hall–Kier alpha value is -2.87. The molecular weight excluding hydrogens is 484 g/mol. The number of ether oxygens (including phenoxy) is 1. The third-order valence-corrected chi connectivity index (χ3v) is 8.28. The average Bonchev–Trinajstić information content (AvgIpc) is 2.86. The van der Waals surface area contributed by atoms with Gasteiger partial charge in [0.25, 0.3) is 0 Å². The number of carbonyl (C=O) groups is 1. The topological polar surface area (TPSA) is 75.7 Å². The standard InChI is InChI=1S/C27H29ClN2O4S/c1-2-34-22-14-16-23(17-15-22)35(32,33)30(18-21-9-4-6-12-25(21)28)19-27(31)29-26-13-7-10-20-8-3-5-11-24(20)26/h3-6,8-9,11-12,14-17,26H,2,7,10,13,18-19H2,1H3,(H,29,31)/t26-/m0/s1. The van der Waals surface area contributed by atoms with E-state index in [1.165, 1.54) is 22.0 Å². The number of hydrogen-bond acceptors (Lipinski definition) is 4. The zero-order valence-electron chi connectivity index (χ0n) is 19.6. The number of amides is 1.